The first-order chi connectivity index (χ1) is 7.79. The number of hydrogen-bond acceptors (Lipinski definition) is 1. The Hall–Kier alpha value is -0.890. The topological polar surface area (TPSA) is 3.24 Å². The van der Waals surface area contributed by atoms with Crippen LogP contribution in [0.15, 0.2) is 24.3 Å². The van der Waals surface area contributed by atoms with Crippen molar-refractivity contribution in [3.05, 3.63) is 35.4 Å². The van der Waals surface area contributed by atoms with Gasteiger partial charge in [0.15, 0.2) is 0 Å². The van der Waals surface area contributed by atoms with Crippen molar-refractivity contribution >= 4 is 0 Å². The van der Waals surface area contributed by atoms with E-state index in [1.54, 1.807) is 0 Å². The molecule has 0 bridgehead atoms. The van der Waals surface area contributed by atoms with Crippen molar-refractivity contribution in [2.75, 3.05) is 20.1 Å². The minimum atomic E-state index is -0.353. The van der Waals surface area contributed by atoms with Gasteiger partial charge in [0, 0.05) is 0 Å². The average Bonchev–Trinajstić information content (AvgIpc) is 2.54. The van der Waals surface area contributed by atoms with Crippen molar-refractivity contribution in [3.63, 3.8) is 0 Å². The summed E-state index contributed by atoms with van der Waals surface area (Å²) in [5, 5.41) is 0. The SMILES string of the molecule is CN1CCCC(c2ccc(CF)cc2)CC1. The summed E-state index contributed by atoms with van der Waals surface area (Å²) in [7, 11) is 2.19. The van der Waals surface area contributed by atoms with Crippen LogP contribution in [-0.2, 0) is 6.67 Å². The number of nitrogens with zero attached hydrogens (tertiary/aromatic N) is 1. The Bertz CT molecular complexity index is 320. The van der Waals surface area contributed by atoms with Gasteiger partial charge in [-0.05, 0) is 56.4 Å². The molecule has 0 N–H and O–H groups in total. The largest absolute Gasteiger partial charge is 0.306 e. The number of rotatable bonds is 2. The monoisotopic (exact) mass is 221 g/mol. The van der Waals surface area contributed by atoms with E-state index in [1.807, 2.05) is 12.1 Å². The number of likely N-dealkylation sites (tertiary alicyclic amines) is 1. The summed E-state index contributed by atoms with van der Waals surface area (Å²) in [5.74, 6) is 0.665. The molecule has 1 unspecified atom stereocenters. The number of hydrogen-bond donors (Lipinski definition) is 0. The van der Waals surface area contributed by atoms with Crippen LogP contribution in [0.2, 0.25) is 0 Å². The Kier molecular flexibility index (Phi) is 3.94. The molecule has 1 heterocycles. The van der Waals surface area contributed by atoms with Crippen molar-refractivity contribution in [2.24, 2.45) is 0 Å². The maximum absolute atomic E-state index is 12.4. The lowest BCUT2D eigenvalue weighted by atomic mass is 9.91. The highest BCUT2D eigenvalue weighted by Gasteiger charge is 2.16. The fourth-order valence-electron chi connectivity index (χ4n) is 2.45. The van der Waals surface area contributed by atoms with E-state index in [1.165, 1.54) is 37.9 Å². The molecule has 16 heavy (non-hydrogen) atoms. The van der Waals surface area contributed by atoms with Gasteiger partial charge in [-0.25, -0.2) is 4.39 Å². The van der Waals surface area contributed by atoms with Crippen LogP contribution in [0.3, 0.4) is 0 Å². The third-order valence-electron chi connectivity index (χ3n) is 3.56. The molecule has 0 aromatic heterocycles. The van der Waals surface area contributed by atoms with Gasteiger partial charge in [0.2, 0.25) is 0 Å². The smallest absolute Gasteiger partial charge is 0.115 e. The molecule has 1 atom stereocenters. The summed E-state index contributed by atoms with van der Waals surface area (Å²) in [6, 6.07) is 8.05. The van der Waals surface area contributed by atoms with Crippen molar-refractivity contribution < 1.29 is 4.39 Å². The van der Waals surface area contributed by atoms with Crippen molar-refractivity contribution in [1.29, 1.82) is 0 Å². The molecule has 1 aromatic rings. The number of benzene rings is 1. The number of alkyl halides is 1. The summed E-state index contributed by atoms with van der Waals surface area (Å²) >= 11 is 0. The van der Waals surface area contributed by atoms with Crippen LogP contribution in [0, 0.1) is 0 Å². The first-order valence-corrected chi connectivity index (χ1v) is 6.13. The summed E-state index contributed by atoms with van der Waals surface area (Å²) in [6.07, 6.45) is 3.76. The minimum absolute atomic E-state index is 0.353. The second kappa shape index (κ2) is 5.44. The molecule has 0 amide bonds. The predicted octanol–water partition coefficient (Wildman–Crippen LogP) is 3.36. The van der Waals surface area contributed by atoms with Crippen LogP contribution in [0.25, 0.3) is 0 Å². The quantitative estimate of drug-likeness (QED) is 0.740. The van der Waals surface area contributed by atoms with E-state index in [-0.39, 0.29) is 6.67 Å². The molecule has 1 aliphatic rings. The maximum Gasteiger partial charge on any atom is 0.115 e. The van der Waals surface area contributed by atoms with Crippen LogP contribution in [0.4, 0.5) is 4.39 Å². The van der Waals surface area contributed by atoms with Gasteiger partial charge in [0.25, 0.3) is 0 Å². The molecular formula is C14H20FN. The zero-order valence-corrected chi connectivity index (χ0v) is 9.95. The van der Waals surface area contributed by atoms with Gasteiger partial charge in [-0.1, -0.05) is 24.3 Å². The van der Waals surface area contributed by atoms with Crippen molar-refractivity contribution in [1.82, 2.24) is 4.90 Å². The normalized spacial score (nSPS) is 23.0. The second-order valence-electron chi connectivity index (χ2n) is 4.81. The van der Waals surface area contributed by atoms with Gasteiger partial charge in [0.05, 0.1) is 0 Å². The Morgan fingerprint density at radius 2 is 1.94 bits per heavy atom. The van der Waals surface area contributed by atoms with Crippen molar-refractivity contribution in [2.45, 2.75) is 31.9 Å². The van der Waals surface area contributed by atoms with E-state index >= 15 is 0 Å². The van der Waals surface area contributed by atoms with Crippen molar-refractivity contribution in [3.8, 4) is 0 Å². The van der Waals surface area contributed by atoms with Gasteiger partial charge in [0.1, 0.15) is 6.67 Å². The Balaban J connectivity index is 2.04. The molecule has 0 saturated carbocycles. The summed E-state index contributed by atoms with van der Waals surface area (Å²) in [4.78, 5) is 2.40. The molecule has 1 aliphatic heterocycles. The standard InChI is InChI=1S/C14H20FN/c1-16-9-2-3-13(8-10-16)14-6-4-12(11-15)5-7-14/h4-7,13H,2-3,8-11H2,1H3. The van der Waals surface area contributed by atoms with Crippen LogP contribution < -0.4 is 0 Å². The zero-order chi connectivity index (χ0) is 11.4. The van der Waals surface area contributed by atoms with E-state index < -0.39 is 0 Å². The highest BCUT2D eigenvalue weighted by atomic mass is 19.1. The van der Waals surface area contributed by atoms with E-state index in [9.17, 15) is 4.39 Å². The summed E-state index contributed by atoms with van der Waals surface area (Å²) in [5.41, 5.74) is 2.17. The Morgan fingerprint density at radius 3 is 2.62 bits per heavy atom. The lowest BCUT2D eigenvalue weighted by Crippen LogP contribution is -2.18. The van der Waals surface area contributed by atoms with Crippen LogP contribution >= 0.6 is 0 Å². The van der Waals surface area contributed by atoms with Crippen LogP contribution in [-0.4, -0.2) is 25.0 Å². The highest BCUT2D eigenvalue weighted by Crippen LogP contribution is 2.27. The molecule has 1 saturated heterocycles. The van der Waals surface area contributed by atoms with Gasteiger partial charge in [-0.3, -0.25) is 0 Å². The maximum atomic E-state index is 12.4. The molecule has 2 rings (SSSR count). The molecule has 0 spiro atoms. The first-order valence-electron chi connectivity index (χ1n) is 6.13. The van der Waals surface area contributed by atoms with E-state index in [0.29, 0.717) is 5.92 Å². The molecule has 1 fully saturated rings. The first kappa shape index (κ1) is 11.6. The van der Waals surface area contributed by atoms with E-state index in [4.69, 9.17) is 0 Å². The molecule has 1 aromatic carbocycles. The minimum Gasteiger partial charge on any atom is -0.306 e. The Labute approximate surface area is 97.3 Å². The zero-order valence-electron chi connectivity index (χ0n) is 9.95. The third kappa shape index (κ3) is 2.82. The molecule has 1 nitrogen and oxygen atoms in total. The summed E-state index contributed by atoms with van der Waals surface area (Å²) in [6.45, 7) is 2.03. The van der Waals surface area contributed by atoms with E-state index in [0.717, 1.165) is 5.56 Å². The number of halogens is 1. The third-order valence-corrected chi connectivity index (χ3v) is 3.56. The van der Waals surface area contributed by atoms with Gasteiger partial charge >= 0.3 is 0 Å². The van der Waals surface area contributed by atoms with Gasteiger partial charge < -0.3 is 4.90 Å². The lowest BCUT2D eigenvalue weighted by molar-refractivity contribution is 0.347. The second-order valence-corrected chi connectivity index (χ2v) is 4.81. The molecule has 88 valence electrons. The lowest BCUT2D eigenvalue weighted by Gasteiger charge is -2.15. The van der Waals surface area contributed by atoms with Gasteiger partial charge in [-0.15, -0.1) is 0 Å². The molecule has 0 radical (unpaired) electrons. The fraction of sp³-hybridized carbons (Fsp3) is 0.571. The van der Waals surface area contributed by atoms with E-state index in [2.05, 4.69) is 24.1 Å². The molecule has 2 heteroatoms. The van der Waals surface area contributed by atoms with Gasteiger partial charge in [-0.2, -0.15) is 0 Å². The highest BCUT2D eigenvalue weighted by molar-refractivity contribution is 5.25. The average molecular weight is 221 g/mol. The van der Waals surface area contributed by atoms with Crippen LogP contribution in [0.1, 0.15) is 36.3 Å². The van der Waals surface area contributed by atoms with Crippen LogP contribution in [0.5, 0.6) is 0 Å². The molecular weight excluding hydrogens is 201 g/mol. The fourth-order valence-corrected chi connectivity index (χ4v) is 2.45. The Morgan fingerprint density at radius 1 is 1.19 bits per heavy atom. The molecule has 0 aliphatic carbocycles. The summed E-state index contributed by atoms with van der Waals surface area (Å²) < 4.78 is 12.4. The predicted molar refractivity (Wildman–Crippen MR) is 65.3 cm³/mol.